The molecule has 48 heavy (non-hydrogen) atoms. The Hall–Kier alpha value is -3.68. The van der Waals surface area contributed by atoms with Crippen LogP contribution in [0.5, 0.6) is 11.5 Å². The molecule has 1 aromatic rings. The van der Waals surface area contributed by atoms with Crippen LogP contribution in [0.1, 0.15) is 73.8 Å². The molecular formula is C35H61N3O10. The lowest BCUT2D eigenvalue weighted by Crippen LogP contribution is -2.46. The van der Waals surface area contributed by atoms with Gasteiger partial charge in [-0.05, 0) is 68.6 Å². The number of aliphatic hydroxyl groups excluding tert-OH is 1. The number of hydrogen-bond acceptors (Lipinski definition) is 9. The van der Waals surface area contributed by atoms with Crippen LogP contribution in [0.4, 0.5) is 0 Å². The smallest absolute Gasteiger partial charge is 0.328 e. The molecule has 0 saturated carbocycles. The summed E-state index contributed by atoms with van der Waals surface area (Å²) in [7, 11) is 3.29. The van der Waals surface area contributed by atoms with Gasteiger partial charge in [0.1, 0.15) is 0 Å². The lowest BCUT2D eigenvalue weighted by molar-refractivity contribution is -0.134. The van der Waals surface area contributed by atoms with Crippen LogP contribution in [-0.2, 0) is 30.3 Å². The summed E-state index contributed by atoms with van der Waals surface area (Å²) in [6.07, 6.45) is 2.68. The Balaban J connectivity index is 0. The molecule has 13 nitrogen and oxygen atoms in total. The first kappa shape index (κ1) is 46.4. The Morgan fingerprint density at radius 1 is 0.938 bits per heavy atom. The van der Waals surface area contributed by atoms with Gasteiger partial charge in [-0.1, -0.05) is 41.2 Å². The zero-order valence-electron chi connectivity index (χ0n) is 29.2. The van der Waals surface area contributed by atoms with E-state index >= 15 is 0 Å². The van der Waals surface area contributed by atoms with E-state index in [1.54, 1.807) is 28.1 Å². The maximum atomic E-state index is 12.9. The van der Waals surface area contributed by atoms with Gasteiger partial charge in [-0.15, -0.1) is 0 Å². The van der Waals surface area contributed by atoms with Crippen molar-refractivity contribution in [3.63, 3.8) is 0 Å². The van der Waals surface area contributed by atoms with E-state index in [1.807, 2.05) is 32.0 Å². The summed E-state index contributed by atoms with van der Waals surface area (Å²) in [4.78, 5) is 43.7. The highest BCUT2D eigenvalue weighted by atomic mass is 16.5. The number of carboxylic acids is 2. The van der Waals surface area contributed by atoms with Crippen LogP contribution in [0.25, 0.3) is 0 Å². The fourth-order valence-corrected chi connectivity index (χ4v) is 4.53. The second kappa shape index (κ2) is 23.6. The fourth-order valence-electron chi connectivity index (χ4n) is 4.53. The van der Waals surface area contributed by atoms with E-state index in [-0.39, 0.29) is 38.1 Å². The molecule has 276 valence electrons. The van der Waals surface area contributed by atoms with Crippen LogP contribution in [-0.4, -0.2) is 85.2 Å². The molecule has 0 radical (unpaired) electrons. The van der Waals surface area contributed by atoms with E-state index < -0.39 is 41.3 Å². The van der Waals surface area contributed by atoms with E-state index in [4.69, 9.17) is 35.9 Å². The Morgan fingerprint density at radius 2 is 1.52 bits per heavy atom. The number of primary amides is 1. The molecule has 0 fully saturated rings. The van der Waals surface area contributed by atoms with Crippen LogP contribution in [0.2, 0.25) is 0 Å². The molecule has 0 spiro atoms. The number of nitrogens with two attached hydrogens (primary N) is 2. The number of carbonyl (C=O) groups is 4. The number of carbonyl (C=O) groups excluding carboxylic acids is 2. The monoisotopic (exact) mass is 683 g/mol. The van der Waals surface area contributed by atoms with E-state index in [1.165, 1.54) is 0 Å². The van der Waals surface area contributed by atoms with Crippen molar-refractivity contribution in [2.45, 2.75) is 86.8 Å². The number of benzene rings is 1. The predicted molar refractivity (Wildman–Crippen MR) is 186 cm³/mol. The quantitative estimate of drug-likeness (QED) is 0.0811. The highest BCUT2D eigenvalue weighted by Crippen LogP contribution is 2.32. The zero-order valence-corrected chi connectivity index (χ0v) is 29.2. The first-order valence-electron chi connectivity index (χ1n) is 15.8. The third-order valence-electron chi connectivity index (χ3n) is 7.87. The molecule has 8 N–H and O–H groups in total. The minimum Gasteiger partial charge on any atom is -0.493 e. The number of carboxylic acid groups (broad SMARTS) is 2. The standard InChI is InChI=1S/C30H53N3O6.C4H4O4.CH4/c1-19(2)22(14-21-10-11-26(38-8)27(15-21)39-13-9-12-37-7)16-24(31)25(34)17-23(20(3)4)28(35)33-18-30(5,6)29(32)36;5-3(6)1-2-4(7)8;/h10-11,15,19-20,22-25,34H,9,12-14,16-18,31H2,1-8H3,(H2,32,36)(H,33,35);1-2H,(H,5,6)(H,7,8);1H4/b;2-1+;/t22-,23?,24-,25-;;/m0../s1. The first-order chi connectivity index (χ1) is 21.9. The van der Waals surface area contributed by atoms with Crippen LogP contribution in [0.3, 0.4) is 0 Å². The van der Waals surface area contributed by atoms with Crippen molar-refractivity contribution >= 4 is 23.8 Å². The first-order valence-corrected chi connectivity index (χ1v) is 15.8. The number of hydrogen-bond donors (Lipinski definition) is 6. The van der Waals surface area contributed by atoms with Gasteiger partial charge in [-0.25, -0.2) is 9.59 Å². The van der Waals surface area contributed by atoms with Crippen molar-refractivity contribution in [1.29, 1.82) is 0 Å². The second-order valence-corrected chi connectivity index (χ2v) is 12.9. The van der Waals surface area contributed by atoms with Crippen molar-refractivity contribution < 1.29 is 48.7 Å². The van der Waals surface area contributed by atoms with Crippen LogP contribution in [0.15, 0.2) is 30.4 Å². The summed E-state index contributed by atoms with van der Waals surface area (Å²) in [5.41, 5.74) is 12.2. The van der Waals surface area contributed by atoms with Gasteiger partial charge in [0.05, 0.1) is 25.2 Å². The van der Waals surface area contributed by atoms with Crippen molar-refractivity contribution in [3.05, 3.63) is 35.9 Å². The van der Waals surface area contributed by atoms with Gasteiger partial charge in [0.2, 0.25) is 11.8 Å². The molecule has 1 aromatic carbocycles. The molecule has 0 heterocycles. The van der Waals surface area contributed by atoms with Crippen molar-refractivity contribution in [3.8, 4) is 11.5 Å². The number of nitrogens with one attached hydrogen (secondary N) is 1. The molecule has 0 saturated heterocycles. The largest absolute Gasteiger partial charge is 0.493 e. The van der Waals surface area contributed by atoms with Crippen LogP contribution >= 0.6 is 0 Å². The number of methoxy groups -OCH3 is 2. The number of rotatable bonds is 21. The van der Waals surface area contributed by atoms with Gasteiger partial charge in [0.15, 0.2) is 11.5 Å². The van der Waals surface area contributed by atoms with Gasteiger partial charge in [0, 0.05) is 50.8 Å². The maximum Gasteiger partial charge on any atom is 0.328 e. The lowest BCUT2D eigenvalue weighted by atomic mass is 9.80. The van der Waals surface area contributed by atoms with Crippen LogP contribution < -0.4 is 26.3 Å². The lowest BCUT2D eigenvalue weighted by Gasteiger charge is -2.30. The highest BCUT2D eigenvalue weighted by Gasteiger charge is 2.32. The van der Waals surface area contributed by atoms with Crippen molar-refractivity contribution in [1.82, 2.24) is 5.32 Å². The minimum atomic E-state index is -1.26. The van der Waals surface area contributed by atoms with Crippen molar-refractivity contribution in [2.24, 2.45) is 40.6 Å². The number of aliphatic hydroxyl groups is 1. The Labute approximate surface area is 286 Å². The minimum absolute atomic E-state index is 0. The number of aliphatic carboxylic acids is 2. The highest BCUT2D eigenvalue weighted by molar-refractivity contribution is 5.89. The SMILES string of the molecule is C.COCCCOc1cc(C[C@@H](C[C@H](N)[C@@H](O)CC(C(=O)NCC(C)(C)C(N)=O)C(C)C)C(C)C)ccc1OC.O=C(O)/C=C/C(=O)O. The number of ether oxygens (including phenoxy) is 3. The maximum absolute atomic E-state index is 12.9. The molecular weight excluding hydrogens is 622 g/mol. The third-order valence-corrected chi connectivity index (χ3v) is 7.87. The molecule has 0 aromatic heterocycles. The summed E-state index contributed by atoms with van der Waals surface area (Å²) < 4.78 is 16.5. The fraction of sp³-hybridized carbons (Fsp3) is 0.657. The summed E-state index contributed by atoms with van der Waals surface area (Å²) in [5, 5.41) is 29.5. The van der Waals surface area contributed by atoms with E-state index in [2.05, 4.69) is 19.2 Å². The second-order valence-electron chi connectivity index (χ2n) is 12.9. The van der Waals surface area contributed by atoms with Gasteiger partial charge in [0.25, 0.3) is 0 Å². The Bertz CT molecular complexity index is 1140. The molecule has 1 rings (SSSR count). The van der Waals surface area contributed by atoms with E-state index in [0.29, 0.717) is 49.2 Å². The normalized spacial score (nSPS) is 13.8. The Morgan fingerprint density at radius 3 is 1.98 bits per heavy atom. The van der Waals surface area contributed by atoms with E-state index in [9.17, 15) is 24.3 Å². The average molecular weight is 684 g/mol. The molecule has 0 aliphatic carbocycles. The van der Waals surface area contributed by atoms with Gasteiger partial charge >= 0.3 is 11.9 Å². The molecule has 0 bridgehead atoms. The van der Waals surface area contributed by atoms with Gasteiger partial charge < -0.3 is 46.3 Å². The predicted octanol–water partition coefficient (Wildman–Crippen LogP) is 3.64. The molecule has 0 aliphatic rings. The van der Waals surface area contributed by atoms with Crippen LogP contribution in [0, 0.1) is 29.1 Å². The summed E-state index contributed by atoms with van der Waals surface area (Å²) in [6, 6.07) is 5.47. The summed E-state index contributed by atoms with van der Waals surface area (Å²) in [5.74, 6) is -1.72. The zero-order chi connectivity index (χ0) is 36.3. The van der Waals surface area contributed by atoms with Crippen molar-refractivity contribution in [2.75, 3.05) is 34.0 Å². The third kappa shape index (κ3) is 18.6. The molecule has 1 unspecified atom stereocenters. The molecule has 2 amide bonds. The van der Waals surface area contributed by atoms with Gasteiger partial charge in [-0.3, -0.25) is 9.59 Å². The van der Waals surface area contributed by atoms with E-state index in [0.717, 1.165) is 18.4 Å². The average Bonchev–Trinajstić information content (AvgIpc) is 2.99. The Kier molecular flexibility index (Phi) is 22.8. The molecule has 13 heteroatoms. The summed E-state index contributed by atoms with van der Waals surface area (Å²) >= 11 is 0. The summed E-state index contributed by atoms with van der Waals surface area (Å²) in [6.45, 7) is 12.9. The molecule has 0 aliphatic heterocycles. The topological polar surface area (TPSA) is 221 Å². The molecule has 4 atom stereocenters. The number of amides is 2. The van der Waals surface area contributed by atoms with Gasteiger partial charge in [-0.2, -0.15) is 0 Å².